The third-order valence-electron chi connectivity index (χ3n) is 3.28. The van der Waals surface area contributed by atoms with Crippen LogP contribution in [0.5, 0.6) is 0 Å². The summed E-state index contributed by atoms with van der Waals surface area (Å²) in [6.07, 6.45) is 5.40. The summed E-state index contributed by atoms with van der Waals surface area (Å²) in [5.41, 5.74) is 5.32. The van der Waals surface area contributed by atoms with Crippen LogP contribution in [0.4, 0.5) is 5.82 Å². The smallest absolute Gasteiger partial charge is 0.220 e. The van der Waals surface area contributed by atoms with Crippen molar-refractivity contribution in [2.24, 2.45) is 11.7 Å². The zero-order valence-electron chi connectivity index (χ0n) is 9.83. The lowest BCUT2D eigenvalue weighted by Crippen LogP contribution is -2.32. The topological polar surface area (TPSA) is 68.0 Å². The molecule has 1 aliphatic carbocycles. The largest absolute Gasteiger partial charge is 0.369 e. The maximum atomic E-state index is 11.1. The maximum absolute atomic E-state index is 11.1. The molecule has 1 fully saturated rings. The molecule has 1 amide bonds. The number of hydrogen-bond acceptors (Lipinski definition) is 3. The fraction of sp³-hybridized carbons (Fsp3) is 0.500. The highest BCUT2D eigenvalue weighted by atomic mass is 79.9. The van der Waals surface area contributed by atoms with E-state index in [0.717, 1.165) is 40.4 Å². The monoisotopic (exact) mass is 375 g/mol. The molecule has 98 valence electrons. The van der Waals surface area contributed by atoms with E-state index in [1.165, 1.54) is 0 Å². The number of nitrogens with one attached hydrogen (secondary N) is 1. The van der Waals surface area contributed by atoms with Crippen molar-refractivity contribution in [1.82, 2.24) is 4.98 Å². The van der Waals surface area contributed by atoms with Crippen molar-refractivity contribution in [1.29, 1.82) is 0 Å². The van der Waals surface area contributed by atoms with E-state index in [2.05, 4.69) is 42.2 Å². The average molecular weight is 377 g/mol. The zero-order chi connectivity index (χ0) is 13.1. The lowest BCUT2D eigenvalue weighted by molar-refractivity contribution is -0.122. The molecule has 4 nitrogen and oxygen atoms in total. The number of primary amides is 1. The molecule has 18 heavy (non-hydrogen) atoms. The number of hydrogen-bond donors (Lipinski definition) is 2. The third-order valence-corrected chi connectivity index (χ3v) is 4.32. The van der Waals surface area contributed by atoms with Gasteiger partial charge in [0.05, 0.1) is 4.47 Å². The van der Waals surface area contributed by atoms with Gasteiger partial charge in [-0.3, -0.25) is 4.79 Å². The van der Waals surface area contributed by atoms with Crippen LogP contribution >= 0.6 is 31.9 Å². The number of pyridine rings is 1. The van der Waals surface area contributed by atoms with E-state index in [-0.39, 0.29) is 11.8 Å². The number of carbonyl (C=O) groups is 1. The number of carbonyl (C=O) groups excluding carboxylic acids is 1. The minimum Gasteiger partial charge on any atom is -0.369 e. The van der Waals surface area contributed by atoms with E-state index in [9.17, 15) is 4.79 Å². The van der Waals surface area contributed by atoms with Gasteiger partial charge < -0.3 is 11.1 Å². The molecule has 1 heterocycles. The molecule has 2 rings (SSSR count). The van der Waals surface area contributed by atoms with Crippen LogP contribution in [-0.4, -0.2) is 16.9 Å². The van der Waals surface area contributed by atoms with Gasteiger partial charge in [0.25, 0.3) is 0 Å². The Morgan fingerprint density at radius 2 is 2.00 bits per heavy atom. The molecule has 3 N–H and O–H groups in total. The van der Waals surface area contributed by atoms with Crippen molar-refractivity contribution in [2.75, 3.05) is 5.32 Å². The normalized spacial score (nSPS) is 23.7. The molecule has 1 aromatic rings. The third kappa shape index (κ3) is 3.45. The minimum atomic E-state index is -0.170. The number of rotatable bonds is 3. The molecule has 6 heteroatoms. The SMILES string of the molecule is NC(=O)C1CCC(Nc2ncc(Br)cc2Br)CC1. The van der Waals surface area contributed by atoms with Crippen molar-refractivity contribution in [3.8, 4) is 0 Å². The summed E-state index contributed by atoms with van der Waals surface area (Å²) in [5.74, 6) is 0.724. The summed E-state index contributed by atoms with van der Waals surface area (Å²) in [5, 5.41) is 3.40. The van der Waals surface area contributed by atoms with Gasteiger partial charge >= 0.3 is 0 Å². The summed E-state index contributed by atoms with van der Waals surface area (Å²) < 4.78 is 1.88. The van der Waals surface area contributed by atoms with Gasteiger partial charge in [-0.15, -0.1) is 0 Å². The van der Waals surface area contributed by atoms with E-state index < -0.39 is 0 Å². The summed E-state index contributed by atoms with van der Waals surface area (Å²) in [6, 6.07) is 2.33. The Bertz CT molecular complexity index is 445. The van der Waals surface area contributed by atoms with Crippen molar-refractivity contribution < 1.29 is 4.79 Å². The number of amides is 1. The highest BCUT2D eigenvalue weighted by molar-refractivity contribution is 9.11. The Labute approximate surface area is 123 Å². The van der Waals surface area contributed by atoms with Crippen LogP contribution < -0.4 is 11.1 Å². The van der Waals surface area contributed by atoms with Crippen LogP contribution in [0, 0.1) is 5.92 Å². The Balaban J connectivity index is 1.93. The first-order valence-corrected chi connectivity index (χ1v) is 7.51. The number of nitrogens with zero attached hydrogens (tertiary/aromatic N) is 1. The molecule has 0 saturated heterocycles. The van der Waals surface area contributed by atoms with E-state index in [1.54, 1.807) is 6.20 Å². The first kappa shape index (κ1) is 13.8. The van der Waals surface area contributed by atoms with Crippen LogP contribution in [0.1, 0.15) is 25.7 Å². The van der Waals surface area contributed by atoms with Crippen molar-refractivity contribution in [3.05, 3.63) is 21.2 Å². The van der Waals surface area contributed by atoms with Crippen LogP contribution in [0.25, 0.3) is 0 Å². The minimum absolute atomic E-state index is 0.0457. The van der Waals surface area contributed by atoms with Crippen molar-refractivity contribution in [3.63, 3.8) is 0 Å². The van der Waals surface area contributed by atoms with E-state index in [1.807, 2.05) is 6.07 Å². The average Bonchev–Trinajstić information content (AvgIpc) is 2.33. The molecular weight excluding hydrogens is 362 g/mol. The van der Waals surface area contributed by atoms with Gasteiger partial charge in [0, 0.05) is 22.6 Å². The second-order valence-corrected chi connectivity index (χ2v) is 6.35. The molecule has 1 aliphatic rings. The van der Waals surface area contributed by atoms with Crippen LogP contribution in [-0.2, 0) is 4.79 Å². The lowest BCUT2D eigenvalue weighted by Gasteiger charge is -2.28. The summed E-state index contributed by atoms with van der Waals surface area (Å²) >= 11 is 6.85. The number of aromatic nitrogens is 1. The molecule has 0 unspecified atom stereocenters. The molecule has 0 bridgehead atoms. The van der Waals surface area contributed by atoms with Gasteiger partial charge in [-0.1, -0.05) is 0 Å². The van der Waals surface area contributed by atoms with Crippen molar-refractivity contribution in [2.45, 2.75) is 31.7 Å². The Kier molecular flexibility index (Phi) is 4.61. The van der Waals surface area contributed by atoms with Crippen LogP contribution in [0.15, 0.2) is 21.2 Å². The molecule has 0 aliphatic heterocycles. The Morgan fingerprint density at radius 3 is 2.56 bits per heavy atom. The standard InChI is InChI=1S/C12H15Br2N3O/c13-8-5-10(14)12(16-6-8)17-9-3-1-7(2-4-9)11(15)18/h5-7,9H,1-4H2,(H2,15,18)(H,16,17). The molecule has 1 aromatic heterocycles. The second-order valence-electron chi connectivity index (χ2n) is 4.58. The Hall–Kier alpha value is -0.620. The van der Waals surface area contributed by atoms with Crippen LogP contribution in [0.3, 0.4) is 0 Å². The molecule has 0 aromatic carbocycles. The van der Waals surface area contributed by atoms with Crippen LogP contribution in [0.2, 0.25) is 0 Å². The first-order valence-electron chi connectivity index (χ1n) is 5.93. The fourth-order valence-corrected chi connectivity index (χ4v) is 3.34. The molecule has 1 saturated carbocycles. The fourth-order valence-electron chi connectivity index (χ4n) is 2.24. The van der Waals surface area contributed by atoms with E-state index in [0.29, 0.717) is 6.04 Å². The number of nitrogens with two attached hydrogens (primary N) is 1. The van der Waals surface area contributed by atoms with E-state index >= 15 is 0 Å². The predicted octanol–water partition coefficient (Wildman–Crippen LogP) is 3.06. The van der Waals surface area contributed by atoms with E-state index in [4.69, 9.17) is 5.73 Å². The predicted molar refractivity (Wildman–Crippen MR) is 78.2 cm³/mol. The highest BCUT2D eigenvalue weighted by Crippen LogP contribution is 2.29. The van der Waals surface area contributed by atoms with Gasteiger partial charge in [-0.25, -0.2) is 4.98 Å². The lowest BCUT2D eigenvalue weighted by atomic mass is 9.85. The summed E-state index contributed by atoms with van der Waals surface area (Å²) in [6.45, 7) is 0. The first-order chi connectivity index (χ1) is 8.56. The molecule has 0 radical (unpaired) electrons. The van der Waals surface area contributed by atoms with Crippen molar-refractivity contribution >= 4 is 43.6 Å². The van der Waals surface area contributed by atoms with Gasteiger partial charge in [0.2, 0.25) is 5.91 Å². The number of halogens is 2. The van der Waals surface area contributed by atoms with Gasteiger partial charge in [-0.05, 0) is 63.6 Å². The Morgan fingerprint density at radius 1 is 1.33 bits per heavy atom. The number of anilines is 1. The molecular formula is C12H15Br2N3O. The second kappa shape index (κ2) is 6.02. The summed E-state index contributed by atoms with van der Waals surface area (Å²) in [7, 11) is 0. The van der Waals surface area contributed by atoms with Gasteiger partial charge in [-0.2, -0.15) is 0 Å². The van der Waals surface area contributed by atoms with Gasteiger partial charge in [0.15, 0.2) is 0 Å². The summed E-state index contributed by atoms with van der Waals surface area (Å²) in [4.78, 5) is 15.4. The van der Waals surface area contributed by atoms with Gasteiger partial charge in [0.1, 0.15) is 5.82 Å². The molecule has 0 spiro atoms. The highest BCUT2D eigenvalue weighted by Gasteiger charge is 2.25. The quantitative estimate of drug-likeness (QED) is 0.851. The maximum Gasteiger partial charge on any atom is 0.220 e. The zero-order valence-corrected chi connectivity index (χ0v) is 13.0. The molecule has 0 atom stereocenters.